The van der Waals surface area contributed by atoms with Gasteiger partial charge in [-0.05, 0) is 69.1 Å². The molecule has 1 amide bonds. The van der Waals surface area contributed by atoms with Crippen LogP contribution in [0.15, 0.2) is 36.4 Å². The van der Waals surface area contributed by atoms with Gasteiger partial charge in [-0.2, -0.15) is 0 Å². The highest BCUT2D eigenvalue weighted by molar-refractivity contribution is 5.92. The molecule has 0 radical (unpaired) electrons. The Morgan fingerprint density at radius 2 is 1.70 bits per heavy atom. The summed E-state index contributed by atoms with van der Waals surface area (Å²) in [6.45, 7) is 9.48. The second-order valence-corrected chi connectivity index (χ2v) is 6.45. The zero-order valence-electron chi connectivity index (χ0n) is 14.7. The third kappa shape index (κ3) is 4.93. The molecular formula is C20H26N2O. The van der Waals surface area contributed by atoms with Crippen LogP contribution in [0.5, 0.6) is 0 Å². The summed E-state index contributed by atoms with van der Waals surface area (Å²) in [6.07, 6.45) is 0. The summed E-state index contributed by atoms with van der Waals surface area (Å²) in [5.74, 6) is 0.0144. The Morgan fingerprint density at radius 3 is 2.35 bits per heavy atom. The summed E-state index contributed by atoms with van der Waals surface area (Å²) in [6, 6.07) is 12.4. The fraction of sp³-hybridized carbons (Fsp3) is 0.350. The van der Waals surface area contributed by atoms with E-state index in [2.05, 4.69) is 51.2 Å². The van der Waals surface area contributed by atoms with E-state index in [-0.39, 0.29) is 5.91 Å². The van der Waals surface area contributed by atoms with Crippen molar-refractivity contribution in [3.8, 4) is 0 Å². The van der Waals surface area contributed by atoms with Gasteiger partial charge in [-0.15, -0.1) is 0 Å². The highest BCUT2D eigenvalue weighted by atomic mass is 16.2. The van der Waals surface area contributed by atoms with Crippen LogP contribution in [0.25, 0.3) is 0 Å². The Kier molecular flexibility index (Phi) is 5.56. The Hall–Kier alpha value is -2.13. The number of rotatable bonds is 5. The summed E-state index contributed by atoms with van der Waals surface area (Å²) in [5, 5.41) is 2.97. The number of nitrogens with zero attached hydrogens (tertiary/aromatic N) is 1. The second-order valence-electron chi connectivity index (χ2n) is 6.45. The fourth-order valence-corrected chi connectivity index (χ4v) is 2.63. The average molecular weight is 310 g/mol. The minimum atomic E-state index is 0.0144. The van der Waals surface area contributed by atoms with Gasteiger partial charge in [0.15, 0.2) is 0 Å². The number of hydrogen-bond donors (Lipinski definition) is 1. The van der Waals surface area contributed by atoms with E-state index >= 15 is 0 Å². The van der Waals surface area contributed by atoms with Crippen LogP contribution in [0, 0.1) is 27.7 Å². The molecule has 0 aliphatic heterocycles. The van der Waals surface area contributed by atoms with Crippen molar-refractivity contribution >= 4 is 11.6 Å². The van der Waals surface area contributed by atoms with Crippen LogP contribution < -0.4 is 5.32 Å². The van der Waals surface area contributed by atoms with E-state index in [1.165, 1.54) is 27.8 Å². The van der Waals surface area contributed by atoms with Crippen LogP contribution in [0.3, 0.4) is 0 Å². The van der Waals surface area contributed by atoms with Crippen molar-refractivity contribution in [1.29, 1.82) is 0 Å². The molecule has 0 spiro atoms. The van der Waals surface area contributed by atoms with E-state index in [9.17, 15) is 4.79 Å². The van der Waals surface area contributed by atoms with Gasteiger partial charge in [0.25, 0.3) is 0 Å². The van der Waals surface area contributed by atoms with E-state index in [0.29, 0.717) is 6.54 Å². The van der Waals surface area contributed by atoms with E-state index < -0.39 is 0 Å². The number of aryl methyl sites for hydroxylation is 4. The molecular weight excluding hydrogens is 284 g/mol. The number of amides is 1. The van der Waals surface area contributed by atoms with Crippen LogP contribution in [0.1, 0.15) is 27.8 Å². The fourth-order valence-electron chi connectivity index (χ4n) is 2.63. The molecule has 0 unspecified atom stereocenters. The highest BCUT2D eigenvalue weighted by Gasteiger charge is 2.09. The third-order valence-electron chi connectivity index (χ3n) is 4.14. The zero-order chi connectivity index (χ0) is 17.0. The maximum absolute atomic E-state index is 12.2. The highest BCUT2D eigenvalue weighted by Crippen LogP contribution is 2.15. The molecule has 0 saturated heterocycles. The number of nitrogens with one attached hydrogen (secondary N) is 1. The number of anilines is 1. The van der Waals surface area contributed by atoms with Gasteiger partial charge in [0.1, 0.15) is 0 Å². The molecule has 0 aromatic heterocycles. The van der Waals surface area contributed by atoms with Crippen molar-refractivity contribution < 1.29 is 4.79 Å². The Morgan fingerprint density at radius 1 is 0.957 bits per heavy atom. The van der Waals surface area contributed by atoms with Crippen molar-refractivity contribution in [1.82, 2.24) is 4.90 Å². The Balaban J connectivity index is 1.92. The van der Waals surface area contributed by atoms with Crippen LogP contribution in [-0.2, 0) is 11.3 Å². The first-order chi connectivity index (χ1) is 10.8. The maximum Gasteiger partial charge on any atom is 0.238 e. The molecule has 23 heavy (non-hydrogen) atoms. The van der Waals surface area contributed by atoms with Gasteiger partial charge in [-0.3, -0.25) is 9.69 Å². The molecule has 0 saturated carbocycles. The number of hydrogen-bond acceptors (Lipinski definition) is 2. The van der Waals surface area contributed by atoms with Crippen molar-refractivity contribution in [2.24, 2.45) is 0 Å². The average Bonchev–Trinajstić information content (AvgIpc) is 2.46. The van der Waals surface area contributed by atoms with Crippen LogP contribution in [-0.4, -0.2) is 24.4 Å². The predicted molar refractivity (Wildman–Crippen MR) is 96.8 cm³/mol. The summed E-state index contributed by atoms with van der Waals surface area (Å²) < 4.78 is 0. The van der Waals surface area contributed by atoms with Gasteiger partial charge >= 0.3 is 0 Å². The number of carbonyl (C=O) groups excluding carboxylic acids is 1. The standard InChI is InChI=1S/C20H26N2O/c1-14-6-8-18(17(4)10-14)12-22(5)13-20(23)21-19-9-7-15(2)16(3)11-19/h6-11H,12-13H2,1-5H3,(H,21,23). The molecule has 122 valence electrons. The van der Waals surface area contributed by atoms with Gasteiger partial charge in [0.2, 0.25) is 5.91 Å². The second kappa shape index (κ2) is 7.42. The molecule has 2 aromatic carbocycles. The van der Waals surface area contributed by atoms with Crippen molar-refractivity contribution in [2.75, 3.05) is 18.9 Å². The topological polar surface area (TPSA) is 32.3 Å². The van der Waals surface area contributed by atoms with Gasteiger partial charge in [0.05, 0.1) is 6.54 Å². The minimum Gasteiger partial charge on any atom is -0.325 e. The lowest BCUT2D eigenvalue weighted by Gasteiger charge is -2.18. The van der Waals surface area contributed by atoms with Crippen LogP contribution >= 0.6 is 0 Å². The van der Waals surface area contributed by atoms with Gasteiger partial charge in [0, 0.05) is 12.2 Å². The molecule has 0 aliphatic rings. The summed E-state index contributed by atoms with van der Waals surface area (Å²) in [5.41, 5.74) is 7.07. The molecule has 0 bridgehead atoms. The first kappa shape index (κ1) is 17.2. The first-order valence-electron chi connectivity index (χ1n) is 7.97. The van der Waals surface area contributed by atoms with Gasteiger partial charge in [-0.25, -0.2) is 0 Å². The molecule has 0 fully saturated rings. The maximum atomic E-state index is 12.2. The van der Waals surface area contributed by atoms with Crippen LogP contribution in [0.2, 0.25) is 0 Å². The molecule has 0 atom stereocenters. The van der Waals surface area contributed by atoms with Crippen molar-refractivity contribution in [3.63, 3.8) is 0 Å². The molecule has 3 heteroatoms. The monoisotopic (exact) mass is 310 g/mol. The summed E-state index contributed by atoms with van der Waals surface area (Å²) >= 11 is 0. The predicted octanol–water partition coefficient (Wildman–Crippen LogP) is 3.99. The summed E-state index contributed by atoms with van der Waals surface area (Å²) in [7, 11) is 1.97. The van der Waals surface area contributed by atoms with Gasteiger partial charge < -0.3 is 5.32 Å². The number of benzene rings is 2. The lowest BCUT2D eigenvalue weighted by atomic mass is 10.1. The first-order valence-corrected chi connectivity index (χ1v) is 7.97. The number of likely N-dealkylation sites (N-methyl/N-ethyl adjacent to an activating group) is 1. The lowest BCUT2D eigenvalue weighted by Crippen LogP contribution is -2.30. The van der Waals surface area contributed by atoms with Crippen molar-refractivity contribution in [2.45, 2.75) is 34.2 Å². The van der Waals surface area contributed by atoms with Crippen LogP contribution in [0.4, 0.5) is 5.69 Å². The summed E-state index contributed by atoms with van der Waals surface area (Å²) in [4.78, 5) is 14.2. The quantitative estimate of drug-likeness (QED) is 0.905. The molecule has 2 rings (SSSR count). The third-order valence-corrected chi connectivity index (χ3v) is 4.14. The molecule has 0 heterocycles. The van der Waals surface area contributed by atoms with E-state index in [1.54, 1.807) is 0 Å². The van der Waals surface area contributed by atoms with E-state index in [1.807, 2.05) is 30.1 Å². The lowest BCUT2D eigenvalue weighted by molar-refractivity contribution is -0.117. The van der Waals surface area contributed by atoms with E-state index in [4.69, 9.17) is 0 Å². The largest absolute Gasteiger partial charge is 0.325 e. The smallest absolute Gasteiger partial charge is 0.238 e. The SMILES string of the molecule is Cc1ccc(CN(C)CC(=O)Nc2ccc(C)c(C)c2)c(C)c1. The minimum absolute atomic E-state index is 0.0144. The van der Waals surface area contributed by atoms with Gasteiger partial charge in [-0.1, -0.05) is 29.8 Å². The van der Waals surface area contributed by atoms with E-state index in [0.717, 1.165) is 12.2 Å². The molecule has 3 nitrogen and oxygen atoms in total. The molecule has 2 aromatic rings. The Labute approximate surface area is 139 Å². The molecule has 1 N–H and O–H groups in total. The zero-order valence-corrected chi connectivity index (χ0v) is 14.7. The molecule has 0 aliphatic carbocycles. The number of carbonyl (C=O) groups is 1. The van der Waals surface area contributed by atoms with Crippen molar-refractivity contribution in [3.05, 3.63) is 64.2 Å². The Bertz CT molecular complexity index is 707. The normalized spacial score (nSPS) is 10.9.